The van der Waals surface area contributed by atoms with Gasteiger partial charge in [-0.2, -0.15) is 0 Å². The largest absolute Gasteiger partial charge is 0.378 e. The number of carbonyl (C=O) groups is 1. The van der Waals surface area contributed by atoms with Crippen LogP contribution in [0.3, 0.4) is 0 Å². The standard InChI is InChI=1S/C24H33N3O/c1-26(2)23-12-10-20(11-13-23)9-6-16-25-24(28)22-14-17-27(18-15-22)19-21-7-4-3-5-8-21/h3-5,7-8,10-13,22H,6,9,14-19H2,1-2H3,(H,25,28). The summed E-state index contributed by atoms with van der Waals surface area (Å²) in [6, 6.07) is 19.2. The van der Waals surface area contributed by atoms with Crippen molar-refractivity contribution in [3.8, 4) is 0 Å². The predicted octanol–water partition coefficient (Wildman–Crippen LogP) is 3.71. The molecule has 150 valence electrons. The first-order chi connectivity index (χ1) is 13.6. The number of piperidine rings is 1. The molecule has 1 N–H and O–H groups in total. The fourth-order valence-corrected chi connectivity index (χ4v) is 3.80. The van der Waals surface area contributed by atoms with Crippen LogP contribution in [-0.2, 0) is 17.8 Å². The van der Waals surface area contributed by atoms with Crippen molar-refractivity contribution >= 4 is 11.6 Å². The molecular weight excluding hydrogens is 346 g/mol. The average Bonchev–Trinajstić information content (AvgIpc) is 2.72. The second kappa shape index (κ2) is 10.3. The van der Waals surface area contributed by atoms with Gasteiger partial charge in [-0.3, -0.25) is 9.69 Å². The van der Waals surface area contributed by atoms with E-state index in [-0.39, 0.29) is 11.8 Å². The van der Waals surface area contributed by atoms with Gasteiger partial charge in [0.25, 0.3) is 0 Å². The fourth-order valence-electron chi connectivity index (χ4n) is 3.80. The average molecular weight is 380 g/mol. The first-order valence-electron chi connectivity index (χ1n) is 10.4. The highest BCUT2D eigenvalue weighted by molar-refractivity contribution is 5.78. The number of rotatable bonds is 8. The lowest BCUT2D eigenvalue weighted by Gasteiger charge is -2.31. The van der Waals surface area contributed by atoms with Crippen molar-refractivity contribution in [3.05, 3.63) is 65.7 Å². The number of hydrogen-bond acceptors (Lipinski definition) is 3. The molecule has 0 saturated carbocycles. The first kappa shape index (κ1) is 20.4. The molecule has 4 nitrogen and oxygen atoms in total. The Bertz CT molecular complexity index is 719. The van der Waals surface area contributed by atoms with Crippen LogP contribution in [-0.4, -0.2) is 44.5 Å². The van der Waals surface area contributed by atoms with Gasteiger partial charge in [-0.1, -0.05) is 42.5 Å². The molecule has 0 spiro atoms. The Morgan fingerprint density at radius 1 is 1.00 bits per heavy atom. The van der Waals surface area contributed by atoms with Crippen molar-refractivity contribution < 1.29 is 4.79 Å². The minimum absolute atomic E-state index is 0.173. The zero-order valence-corrected chi connectivity index (χ0v) is 17.2. The van der Waals surface area contributed by atoms with Crippen molar-refractivity contribution in [2.75, 3.05) is 38.6 Å². The molecule has 0 radical (unpaired) electrons. The highest BCUT2D eigenvalue weighted by atomic mass is 16.1. The summed E-state index contributed by atoms with van der Waals surface area (Å²) >= 11 is 0. The summed E-state index contributed by atoms with van der Waals surface area (Å²) in [5.74, 6) is 0.411. The number of nitrogens with zero attached hydrogens (tertiary/aromatic N) is 2. The van der Waals surface area contributed by atoms with Gasteiger partial charge in [-0.05, 0) is 62.0 Å². The Morgan fingerprint density at radius 2 is 1.68 bits per heavy atom. The maximum Gasteiger partial charge on any atom is 0.223 e. The van der Waals surface area contributed by atoms with Crippen LogP contribution in [0.1, 0.15) is 30.4 Å². The van der Waals surface area contributed by atoms with Crippen molar-refractivity contribution in [3.63, 3.8) is 0 Å². The molecule has 1 amide bonds. The van der Waals surface area contributed by atoms with Crippen molar-refractivity contribution in [1.82, 2.24) is 10.2 Å². The number of nitrogens with one attached hydrogen (secondary N) is 1. The zero-order chi connectivity index (χ0) is 19.8. The molecule has 3 rings (SSSR count). The molecule has 1 aliphatic heterocycles. The maximum absolute atomic E-state index is 12.5. The van der Waals surface area contributed by atoms with Gasteiger partial charge in [0.05, 0.1) is 0 Å². The summed E-state index contributed by atoms with van der Waals surface area (Å²) in [5, 5.41) is 3.15. The molecule has 2 aromatic rings. The van der Waals surface area contributed by atoms with Gasteiger partial charge in [-0.15, -0.1) is 0 Å². The summed E-state index contributed by atoms with van der Waals surface area (Å²) in [4.78, 5) is 17.0. The molecule has 4 heteroatoms. The number of aryl methyl sites for hydroxylation is 1. The first-order valence-corrected chi connectivity index (χ1v) is 10.4. The lowest BCUT2D eigenvalue weighted by atomic mass is 9.95. The van der Waals surface area contributed by atoms with Crippen LogP contribution < -0.4 is 10.2 Å². The van der Waals surface area contributed by atoms with Crippen molar-refractivity contribution in [2.24, 2.45) is 5.92 Å². The third-order valence-corrected chi connectivity index (χ3v) is 5.60. The van der Waals surface area contributed by atoms with Crippen molar-refractivity contribution in [1.29, 1.82) is 0 Å². The molecule has 0 unspecified atom stereocenters. The van der Waals surface area contributed by atoms with Gasteiger partial charge in [0, 0.05) is 38.8 Å². The third kappa shape index (κ3) is 6.10. The quantitative estimate of drug-likeness (QED) is 0.710. The zero-order valence-electron chi connectivity index (χ0n) is 17.2. The van der Waals surface area contributed by atoms with E-state index >= 15 is 0 Å². The molecule has 1 fully saturated rings. The molecule has 1 heterocycles. The van der Waals surface area contributed by atoms with Gasteiger partial charge in [-0.25, -0.2) is 0 Å². The monoisotopic (exact) mass is 379 g/mol. The SMILES string of the molecule is CN(C)c1ccc(CCCNC(=O)C2CCN(Cc3ccccc3)CC2)cc1. The minimum atomic E-state index is 0.173. The van der Waals surface area contributed by atoms with Crippen LogP contribution in [0.4, 0.5) is 5.69 Å². The number of benzene rings is 2. The summed E-state index contributed by atoms with van der Waals surface area (Å²) in [7, 11) is 4.10. The van der Waals surface area contributed by atoms with E-state index in [2.05, 4.69) is 83.8 Å². The van der Waals surface area contributed by atoms with E-state index < -0.39 is 0 Å². The Kier molecular flexibility index (Phi) is 7.49. The molecule has 0 atom stereocenters. The summed E-state index contributed by atoms with van der Waals surface area (Å²) < 4.78 is 0. The number of hydrogen-bond donors (Lipinski definition) is 1. The van der Waals surface area contributed by atoms with E-state index in [0.717, 1.165) is 51.9 Å². The lowest BCUT2D eigenvalue weighted by Crippen LogP contribution is -2.40. The molecule has 1 aliphatic rings. The maximum atomic E-state index is 12.5. The molecular formula is C24H33N3O. The molecule has 1 saturated heterocycles. The van der Waals surface area contributed by atoms with Gasteiger partial charge < -0.3 is 10.2 Å². The summed E-state index contributed by atoms with van der Waals surface area (Å²) in [6.07, 6.45) is 3.92. The minimum Gasteiger partial charge on any atom is -0.378 e. The Hall–Kier alpha value is -2.33. The van der Waals surface area contributed by atoms with Crippen LogP contribution in [0.5, 0.6) is 0 Å². The van der Waals surface area contributed by atoms with Crippen LogP contribution in [0.15, 0.2) is 54.6 Å². The van der Waals surface area contributed by atoms with Gasteiger partial charge in [0.1, 0.15) is 0 Å². The van der Waals surface area contributed by atoms with E-state index in [4.69, 9.17) is 0 Å². The van der Waals surface area contributed by atoms with E-state index in [9.17, 15) is 4.79 Å². The normalized spacial score (nSPS) is 15.4. The third-order valence-electron chi connectivity index (χ3n) is 5.60. The van der Waals surface area contributed by atoms with Gasteiger partial charge in [0.15, 0.2) is 0 Å². The highest BCUT2D eigenvalue weighted by Gasteiger charge is 2.24. The summed E-state index contributed by atoms with van der Waals surface area (Å²) in [5.41, 5.74) is 3.90. The number of carbonyl (C=O) groups excluding carboxylic acids is 1. The van der Waals surface area contributed by atoms with E-state index in [1.54, 1.807) is 0 Å². The van der Waals surface area contributed by atoms with Gasteiger partial charge in [0.2, 0.25) is 5.91 Å². The molecule has 0 aliphatic carbocycles. The fraction of sp³-hybridized carbons (Fsp3) is 0.458. The molecule has 2 aromatic carbocycles. The van der Waals surface area contributed by atoms with Crippen LogP contribution >= 0.6 is 0 Å². The topological polar surface area (TPSA) is 35.6 Å². The predicted molar refractivity (Wildman–Crippen MR) is 117 cm³/mol. The van der Waals surface area contributed by atoms with Crippen LogP contribution in [0, 0.1) is 5.92 Å². The van der Waals surface area contributed by atoms with E-state index in [1.165, 1.54) is 16.8 Å². The van der Waals surface area contributed by atoms with Crippen LogP contribution in [0.2, 0.25) is 0 Å². The molecule has 0 aromatic heterocycles. The summed E-state index contributed by atoms with van der Waals surface area (Å²) in [6.45, 7) is 3.76. The Balaban J connectivity index is 1.32. The number of amides is 1. The van der Waals surface area contributed by atoms with E-state index in [0.29, 0.717) is 0 Å². The highest BCUT2D eigenvalue weighted by Crippen LogP contribution is 2.19. The van der Waals surface area contributed by atoms with Gasteiger partial charge >= 0.3 is 0 Å². The van der Waals surface area contributed by atoms with Crippen LogP contribution in [0.25, 0.3) is 0 Å². The second-order valence-electron chi connectivity index (χ2n) is 7.99. The van der Waals surface area contributed by atoms with E-state index in [1.807, 2.05) is 0 Å². The number of likely N-dealkylation sites (tertiary alicyclic amines) is 1. The lowest BCUT2D eigenvalue weighted by molar-refractivity contribution is -0.126. The Morgan fingerprint density at radius 3 is 2.32 bits per heavy atom. The van der Waals surface area contributed by atoms with Crippen molar-refractivity contribution in [2.45, 2.75) is 32.2 Å². The number of anilines is 1. The smallest absolute Gasteiger partial charge is 0.223 e. The Labute approximate surface area is 169 Å². The molecule has 0 bridgehead atoms. The second-order valence-corrected chi connectivity index (χ2v) is 7.99. The molecule has 28 heavy (non-hydrogen) atoms.